The smallest absolute Gasteiger partial charge is 0.237 e. The number of pyridine rings is 1. The Hall–Kier alpha value is -2.27. The van der Waals surface area contributed by atoms with Crippen LogP contribution < -0.4 is 10.6 Å². The number of hydrogen-bond acceptors (Lipinski definition) is 3. The number of rotatable bonds is 5. The van der Waals surface area contributed by atoms with E-state index in [1.807, 2.05) is 36.4 Å². The Bertz CT molecular complexity index is 616. The van der Waals surface area contributed by atoms with Crippen molar-refractivity contribution in [2.24, 2.45) is 11.7 Å². The summed E-state index contributed by atoms with van der Waals surface area (Å²) in [5.41, 5.74) is 7.52. The van der Waals surface area contributed by atoms with Crippen molar-refractivity contribution in [2.45, 2.75) is 6.42 Å². The van der Waals surface area contributed by atoms with Crippen LogP contribution in [0.5, 0.6) is 0 Å². The molecule has 0 aliphatic heterocycles. The lowest BCUT2D eigenvalue weighted by molar-refractivity contribution is -0.120. The van der Waals surface area contributed by atoms with Crippen molar-refractivity contribution in [1.29, 1.82) is 0 Å². The molecule has 0 saturated heterocycles. The van der Waals surface area contributed by atoms with Crippen molar-refractivity contribution >= 4 is 28.8 Å². The van der Waals surface area contributed by atoms with Crippen molar-refractivity contribution in [3.05, 3.63) is 60.4 Å². The Balaban J connectivity index is 2.18. The maximum absolute atomic E-state index is 12.6. The lowest BCUT2D eigenvalue weighted by atomic mass is 9.98. The average molecular weight is 299 g/mol. The highest BCUT2D eigenvalue weighted by Gasteiger charge is 2.25. The fourth-order valence-electron chi connectivity index (χ4n) is 2.07. The van der Waals surface area contributed by atoms with Crippen LogP contribution in [0.2, 0.25) is 0 Å². The van der Waals surface area contributed by atoms with Crippen LogP contribution in [0.4, 0.5) is 5.69 Å². The van der Waals surface area contributed by atoms with Crippen LogP contribution in [0.1, 0.15) is 5.56 Å². The number of benzene rings is 1. The molecule has 0 bridgehead atoms. The summed E-state index contributed by atoms with van der Waals surface area (Å²) in [6.45, 7) is 0. The van der Waals surface area contributed by atoms with Gasteiger partial charge in [-0.3, -0.25) is 9.78 Å². The highest BCUT2D eigenvalue weighted by molar-refractivity contribution is 7.80. The third kappa shape index (κ3) is 3.86. The predicted molar refractivity (Wildman–Crippen MR) is 88.1 cm³/mol. The molecule has 0 fully saturated rings. The molecule has 1 aromatic heterocycles. The van der Waals surface area contributed by atoms with Crippen LogP contribution in [-0.2, 0) is 11.2 Å². The van der Waals surface area contributed by atoms with Crippen LogP contribution in [0.25, 0.3) is 0 Å². The molecule has 4 nitrogen and oxygen atoms in total. The first-order chi connectivity index (χ1) is 10.1. The molecular formula is C16H17N3OS. The van der Waals surface area contributed by atoms with E-state index in [-0.39, 0.29) is 10.9 Å². The van der Waals surface area contributed by atoms with Gasteiger partial charge in [-0.2, -0.15) is 0 Å². The monoisotopic (exact) mass is 299 g/mol. The second kappa shape index (κ2) is 6.95. The summed E-state index contributed by atoms with van der Waals surface area (Å²) in [4.78, 5) is 18.4. The number of thiocarbonyl (C=S) groups is 1. The van der Waals surface area contributed by atoms with Gasteiger partial charge in [0.2, 0.25) is 5.91 Å². The van der Waals surface area contributed by atoms with E-state index in [0.29, 0.717) is 6.42 Å². The van der Waals surface area contributed by atoms with Crippen LogP contribution >= 0.6 is 12.2 Å². The Labute approximate surface area is 129 Å². The first kappa shape index (κ1) is 15.1. The van der Waals surface area contributed by atoms with Gasteiger partial charge in [0.05, 0.1) is 22.8 Å². The number of hydrogen-bond donors (Lipinski definition) is 1. The van der Waals surface area contributed by atoms with Crippen LogP contribution in [0, 0.1) is 5.92 Å². The third-order valence-corrected chi connectivity index (χ3v) is 3.57. The number of nitrogens with zero attached hydrogens (tertiary/aromatic N) is 2. The Morgan fingerprint density at radius 2 is 2.00 bits per heavy atom. The van der Waals surface area contributed by atoms with Gasteiger partial charge in [-0.25, -0.2) is 0 Å². The molecule has 1 amide bonds. The third-order valence-electron chi connectivity index (χ3n) is 3.29. The fraction of sp³-hybridized carbons (Fsp3) is 0.188. The molecule has 0 spiro atoms. The Morgan fingerprint density at radius 1 is 1.29 bits per heavy atom. The second-order valence-corrected chi connectivity index (χ2v) is 5.22. The molecule has 2 N–H and O–H groups in total. The summed E-state index contributed by atoms with van der Waals surface area (Å²) in [6.07, 6.45) is 3.80. The highest BCUT2D eigenvalue weighted by atomic mass is 32.1. The molecule has 0 radical (unpaired) electrons. The molecule has 1 aromatic carbocycles. The summed E-state index contributed by atoms with van der Waals surface area (Å²) in [6, 6.07) is 13.3. The van der Waals surface area contributed by atoms with E-state index >= 15 is 0 Å². The number of amides is 1. The summed E-state index contributed by atoms with van der Waals surface area (Å²) in [7, 11) is 1.70. The highest BCUT2D eigenvalue weighted by Crippen LogP contribution is 2.17. The van der Waals surface area contributed by atoms with Gasteiger partial charge in [0.1, 0.15) is 0 Å². The van der Waals surface area contributed by atoms with Crippen LogP contribution in [-0.4, -0.2) is 22.9 Å². The zero-order valence-electron chi connectivity index (χ0n) is 11.8. The maximum Gasteiger partial charge on any atom is 0.237 e. The summed E-state index contributed by atoms with van der Waals surface area (Å²) in [5, 5.41) is 0. The molecule has 1 heterocycles. The Kier molecular flexibility index (Phi) is 5.00. The molecule has 0 saturated carbocycles. The van der Waals surface area contributed by atoms with Crippen molar-refractivity contribution in [3.8, 4) is 0 Å². The van der Waals surface area contributed by atoms with Crippen molar-refractivity contribution < 1.29 is 4.79 Å². The van der Waals surface area contributed by atoms with Gasteiger partial charge >= 0.3 is 0 Å². The van der Waals surface area contributed by atoms with E-state index in [1.165, 1.54) is 0 Å². The SMILES string of the molecule is CN(C(=O)C(Cc1ccccc1)C(N)=S)c1cccnc1. The van der Waals surface area contributed by atoms with Gasteiger partial charge < -0.3 is 10.6 Å². The minimum absolute atomic E-state index is 0.126. The standard InChI is InChI=1S/C16H17N3OS/c1-19(13-8-5-9-18-11-13)16(20)14(15(17)21)10-12-6-3-2-4-7-12/h2-9,11,14H,10H2,1H3,(H2,17,21). The molecule has 1 unspecified atom stereocenters. The summed E-state index contributed by atoms with van der Waals surface area (Å²) in [5.74, 6) is -0.646. The number of carbonyl (C=O) groups excluding carboxylic acids is 1. The molecule has 1 atom stereocenters. The van der Waals surface area contributed by atoms with Gasteiger partial charge in [0.15, 0.2) is 0 Å². The minimum Gasteiger partial charge on any atom is -0.393 e. The normalized spacial score (nSPS) is 11.7. The number of nitrogens with two attached hydrogens (primary N) is 1. The lowest BCUT2D eigenvalue weighted by Gasteiger charge is -2.23. The Morgan fingerprint density at radius 3 is 2.57 bits per heavy atom. The van der Waals surface area contributed by atoms with Crippen molar-refractivity contribution in [3.63, 3.8) is 0 Å². The predicted octanol–water partition coefficient (Wildman–Crippen LogP) is 2.19. The van der Waals surface area contributed by atoms with E-state index in [1.54, 1.807) is 30.4 Å². The topological polar surface area (TPSA) is 59.2 Å². The van der Waals surface area contributed by atoms with Gasteiger partial charge in [-0.05, 0) is 24.1 Å². The van der Waals surface area contributed by atoms with Crippen LogP contribution in [0.15, 0.2) is 54.9 Å². The molecule has 21 heavy (non-hydrogen) atoms. The van der Waals surface area contributed by atoms with E-state index in [4.69, 9.17) is 18.0 Å². The second-order valence-electron chi connectivity index (χ2n) is 4.75. The van der Waals surface area contributed by atoms with Crippen molar-refractivity contribution in [1.82, 2.24) is 4.98 Å². The molecule has 0 aliphatic carbocycles. The van der Waals surface area contributed by atoms with Gasteiger partial charge in [-0.15, -0.1) is 0 Å². The van der Waals surface area contributed by atoms with Gasteiger partial charge in [0.25, 0.3) is 0 Å². The lowest BCUT2D eigenvalue weighted by Crippen LogP contribution is -2.40. The maximum atomic E-state index is 12.6. The molecule has 5 heteroatoms. The largest absolute Gasteiger partial charge is 0.393 e. The molecular weight excluding hydrogens is 282 g/mol. The van der Waals surface area contributed by atoms with E-state index in [9.17, 15) is 4.79 Å². The molecule has 0 aliphatic rings. The quantitative estimate of drug-likeness (QED) is 0.860. The zero-order valence-corrected chi connectivity index (χ0v) is 12.6. The molecule has 2 aromatic rings. The zero-order chi connectivity index (χ0) is 15.2. The number of anilines is 1. The van der Waals surface area contributed by atoms with E-state index in [2.05, 4.69) is 4.98 Å². The van der Waals surface area contributed by atoms with Gasteiger partial charge in [-0.1, -0.05) is 42.5 Å². The summed E-state index contributed by atoms with van der Waals surface area (Å²) >= 11 is 5.08. The first-order valence-electron chi connectivity index (χ1n) is 6.60. The average Bonchev–Trinajstić information content (AvgIpc) is 2.53. The summed E-state index contributed by atoms with van der Waals surface area (Å²) < 4.78 is 0. The molecule has 108 valence electrons. The molecule has 2 rings (SSSR count). The first-order valence-corrected chi connectivity index (χ1v) is 7.01. The van der Waals surface area contributed by atoms with E-state index in [0.717, 1.165) is 11.3 Å². The van der Waals surface area contributed by atoms with E-state index < -0.39 is 5.92 Å². The number of carbonyl (C=O) groups is 1. The minimum atomic E-state index is -0.521. The van der Waals surface area contributed by atoms with Gasteiger partial charge in [0, 0.05) is 13.2 Å². The fourth-order valence-corrected chi connectivity index (χ4v) is 2.26. The number of aromatic nitrogens is 1. The van der Waals surface area contributed by atoms with Crippen LogP contribution in [0.3, 0.4) is 0 Å². The van der Waals surface area contributed by atoms with Crippen molar-refractivity contribution in [2.75, 3.05) is 11.9 Å².